The van der Waals surface area contributed by atoms with E-state index in [1.165, 1.54) is 0 Å². The minimum Gasteiger partial charge on any atom is -0.351 e. The molecule has 1 fully saturated rings. The van der Waals surface area contributed by atoms with Crippen LogP contribution in [0.2, 0.25) is 0 Å². The summed E-state index contributed by atoms with van der Waals surface area (Å²) in [5, 5.41) is 3.37. The van der Waals surface area contributed by atoms with Crippen LogP contribution in [0.5, 0.6) is 0 Å². The Morgan fingerprint density at radius 3 is 3.07 bits per heavy atom. The third-order valence-electron chi connectivity index (χ3n) is 2.51. The first-order valence-corrected chi connectivity index (χ1v) is 5.65. The average molecular weight is 256 g/mol. The number of pyridine rings is 1. The lowest BCUT2D eigenvalue weighted by Gasteiger charge is -2.34. The van der Waals surface area contributed by atoms with Gasteiger partial charge in [-0.15, -0.1) is 0 Å². The Kier molecular flexibility index (Phi) is 3.03. The smallest absolute Gasteiger partial charge is 0.128 e. The lowest BCUT2D eigenvalue weighted by Crippen LogP contribution is -2.50. The maximum atomic E-state index is 4.40. The normalized spacial score (nSPS) is 22.4. The molecular formula is C10H14BrN3. The summed E-state index contributed by atoms with van der Waals surface area (Å²) in [6.07, 6.45) is 1.85. The van der Waals surface area contributed by atoms with Gasteiger partial charge in [-0.1, -0.05) is 0 Å². The van der Waals surface area contributed by atoms with Gasteiger partial charge in [0.05, 0.1) is 0 Å². The summed E-state index contributed by atoms with van der Waals surface area (Å²) in [5.41, 5.74) is 0. The van der Waals surface area contributed by atoms with Crippen LogP contribution in [0.3, 0.4) is 0 Å². The van der Waals surface area contributed by atoms with Crippen molar-refractivity contribution in [3.63, 3.8) is 0 Å². The molecule has 0 amide bonds. The quantitative estimate of drug-likeness (QED) is 0.828. The molecule has 0 radical (unpaired) electrons. The number of rotatable bonds is 1. The molecule has 1 aromatic heterocycles. The Bertz CT molecular complexity index is 299. The predicted octanol–water partition coefficient (Wildman–Crippen LogP) is 1.64. The number of nitrogens with one attached hydrogen (secondary N) is 1. The van der Waals surface area contributed by atoms with E-state index in [1.54, 1.807) is 0 Å². The van der Waals surface area contributed by atoms with Gasteiger partial charge in [-0.3, -0.25) is 0 Å². The lowest BCUT2D eigenvalue weighted by atomic mass is 10.2. The Labute approximate surface area is 92.6 Å². The molecule has 4 heteroatoms. The van der Waals surface area contributed by atoms with Gasteiger partial charge in [-0.25, -0.2) is 4.98 Å². The molecule has 0 aromatic carbocycles. The molecule has 3 nitrogen and oxygen atoms in total. The zero-order valence-electron chi connectivity index (χ0n) is 8.20. The second-order valence-electron chi connectivity index (χ2n) is 3.58. The minimum absolute atomic E-state index is 0.525. The lowest BCUT2D eigenvalue weighted by molar-refractivity contribution is 0.497. The molecule has 0 spiro atoms. The third kappa shape index (κ3) is 2.07. The van der Waals surface area contributed by atoms with Gasteiger partial charge < -0.3 is 10.2 Å². The molecule has 0 saturated carbocycles. The number of piperazine rings is 1. The zero-order chi connectivity index (χ0) is 9.97. The Morgan fingerprint density at radius 1 is 1.57 bits per heavy atom. The molecular weight excluding hydrogens is 242 g/mol. The summed E-state index contributed by atoms with van der Waals surface area (Å²) in [5.74, 6) is 1.07. The number of anilines is 1. The van der Waals surface area contributed by atoms with Crippen LogP contribution in [0, 0.1) is 0 Å². The van der Waals surface area contributed by atoms with Crippen molar-refractivity contribution in [2.45, 2.75) is 13.0 Å². The van der Waals surface area contributed by atoms with Crippen molar-refractivity contribution < 1.29 is 0 Å². The van der Waals surface area contributed by atoms with Crippen LogP contribution < -0.4 is 10.2 Å². The van der Waals surface area contributed by atoms with Crippen molar-refractivity contribution in [1.29, 1.82) is 0 Å². The molecule has 14 heavy (non-hydrogen) atoms. The van der Waals surface area contributed by atoms with E-state index >= 15 is 0 Å². The molecule has 2 rings (SSSR count). The first-order valence-electron chi connectivity index (χ1n) is 4.86. The summed E-state index contributed by atoms with van der Waals surface area (Å²) < 4.78 is 1.03. The van der Waals surface area contributed by atoms with E-state index in [-0.39, 0.29) is 0 Å². The van der Waals surface area contributed by atoms with Crippen molar-refractivity contribution in [3.8, 4) is 0 Å². The van der Waals surface area contributed by atoms with E-state index in [1.807, 2.05) is 12.3 Å². The highest BCUT2D eigenvalue weighted by Crippen LogP contribution is 2.17. The van der Waals surface area contributed by atoms with Crippen molar-refractivity contribution in [1.82, 2.24) is 10.3 Å². The number of aromatic nitrogens is 1. The second kappa shape index (κ2) is 4.28. The molecule has 1 aromatic rings. The zero-order valence-corrected chi connectivity index (χ0v) is 9.79. The molecule has 1 N–H and O–H groups in total. The summed E-state index contributed by atoms with van der Waals surface area (Å²) >= 11 is 3.39. The fraction of sp³-hybridized carbons (Fsp3) is 0.500. The second-order valence-corrected chi connectivity index (χ2v) is 4.50. The van der Waals surface area contributed by atoms with Crippen LogP contribution in [0.4, 0.5) is 5.82 Å². The highest BCUT2D eigenvalue weighted by Gasteiger charge is 2.18. The van der Waals surface area contributed by atoms with E-state index in [9.17, 15) is 0 Å². The summed E-state index contributed by atoms with van der Waals surface area (Å²) in [4.78, 5) is 6.74. The number of nitrogens with zero attached hydrogens (tertiary/aromatic N) is 2. The van der Waals surface area contributed by atoms with Crippen molar-refractivity contribution in [2.24, 2.45) is 0 Å². The average Bonchev–Trinajstić information content (AvgIpc) is 2.20. The highest BCUT2D eigenvalue weighted by molar-refractivity contribution is 9.10. The summed E-state index contributed by atoms with van der Waals surface area (Å²) in [6.45, 7) is 5.34. The standard InChI is InChI=1S/C10H14BrN3/c1-8-6-12-4-5-14(8)10-3-2-9(11)7-13-10/h2-3,7-8,12H,4-6H2,1H3/t8-/m0/s1. The van der Waals surface area contributed by atoms with Gasteiger partial charge in [0.1, 0.15) is 5.82 Å². The van der Waals surface area contributed by atoms with E-state index < -0.39 is 0 Å². The first kappa shape index (κ1) is 9.93. The maximum Gasteiger partial charge on any atom is 0.128 e. The minimum atomic E-state index is 0.525. The van der Waals surface area contributed by atoms with Gasteiger partial charge >= 0.3 is 0 Å². The number of hydrogen-bond acceptors (Lipinski definition) is 3. The van der Waals surface area contributed by atoms with Crippen molar-refractivity contribution in [2.75, 3.05) is 24.5 Å². The van der Waals surface area contributed by atoms with Crippen LogP contribution in [0.15, 0.2) is 22.8 Å². The molecule has 1 saturated heterocycles. The van der Waals surface area contributed by atoms with Crippen LogP contribution in [-0.4, -0.2) is 30.7 Å². The van der Waals surface area contributed by atoms with Crippen LogP contribution in [0.25, 0.3) is 0 Å². The maximum absolute atomic E-state index is 4.40. The SMILES string of the molecule is C[C@H]1CNCCN1c1ccc(Br)cn1. The van der Waals surface area contributed by atoms with E-state index in [0.29, 0.717) is 6.04 Å². The van der Waals surface area contributed by atoms with Crippen LogP contribution >= 0.6 is 15.9 Å². The Hall–Kier alpha value is -0.610. The molecule has 0 unspecified atom stereocenters. The van der Waals surface area contributed by atoms with E-state index in [2.05, 4.69) is 44.1 Å². The molecule has 2 heterocycles. The van der Waals surface area contributed by atoms with Crippen molar-refractivity contribution >= 4 is 21.7 Å². The Morgan fingerprint density at radius 2 is 2.43 bits per heavy atom. The fourth-order valence-corrected chi connectivity index (χ4v) is 1.95. The molecule has 1 aliphatic heterocycles. The van der Waals surface area contributed by atoms with Crippen LogP contribution in [-0.2, 0) is 0 Å². The molecule has 0 bridgehead atoms. The van der Waals surface area contributed by atoms with Gasteiger partial charge in [-0.2, -0.15) is 0 Å². The summed E-state index contributed by atoms with van der Waals surface area (Å²) in [7, 11) is 0. The van der Waals surface area contributed by atoms with Gasteiger partial charge in [0, 0.05) is 36.3 Å². The number of halogens is 1. The van der Waals surface area contributed by atoms with Gasteiger partial charge in [-0.05, 0) is 35.0 Å². The number of hydrogen-bond donors (Lipinski definition) is 1. The topological polar surface area (TPSA) is 28.2 Å². The van der Waals surface area contributed by atoms with Crippen LogP contribution in [0.1, 0.15) is 6.92 Å². The molecule has 1 aliphatic rings. The van der Waals surface area contributed by atoms with Gasteiger partial charge in [0.15, 0.2) is 0 Å². The molecule has 76 valence electrons. The summed E-state index contributed by atoms with van der Waals surface area (Å²) in [6, 6.07) is 4.63. The van der Waals surface area contributed by atoms with E-state index in [4.69, 9.17) is 0 Å². The Balaban J connectivity index is 2.16. The first-order chi connectivity index (χ1) is 6.77. The third-order valence-corrected chi connectivity index (χ3v) is 2.98. The van der Waals surface area contributed by atoms with E-state index in [0.717, 1.165) is 29.9 Å². The highest BCUT2D eigenvalue weighted by atomic mass is 79.9. The molecule has 1 atom stereocenters. The van der Waals surface area contributed by atoms with Crippen molar-refractivity contribution in [3.05, 3.63) is 22.8 Å². The fourth-order valence-electron chi connectivity index (χ4n) is 1.72. The largest absolute Gasteiger partial charge is 0.351 e. The monoisotopic (exact) mass is 255 g/mol. The predicted molar refractivity (Wildman–Crippen MR) is 61.6 cm³/mol. The van der Waals surface area contributed by atoms with Gasteiger partial charge in [0.25, 0.3) is 0 Å². The molecule has 0 aliphatic carbocycles. The van der Waals surface area contributed by atoms with Gasteiger partial charge in [0.2, 0.25) is 0 Å².